The number of rotatable bonds is 4. The van der Waals surface area contributed by atoms with Crippen LogP contribution in [0, 0.1) is 0 Å². The predicted octanol–water partition coefficient (Wildman–Crippen LogP) is 2.32. The summed E-state index contributed by atoms with van der Waals surface area (Å²) in [6, 6.07) is 13.9. The van der Waals surface area contributed by atoms with Gasteiger partial charge in [-0.05, 0) is 24.3 Å². The molecule has 2 heterocycles. The minimum absolute atomic E-state index is 0.267. The molecule has 0 aliphatic heterocycles. The highest BCUT2D eigenvalue weighted by atomic mass is 16.5. The molecule has 25 heavy (non-hydrogen) atoms. The van der Waals surface area contributed by atoms with E-state index in [1.54, 1.807) is 36.4 Å². The van der Waals surface area contributed by atoms with Crippen molar-refractivity contribution in [3.63, 3.8) is 0 Å². The number of ether oxygens (including phenoxy) is 1. The summed E-state index contributed by atoms with van der Waals surface area (Å²) in [4.78, 5) is 31.4. The van der Waals surface area contributed by atoms with Crippen LogP contribution in [0.1, 0.15) is 23.1 Å². The van der Waals surface area contributed by atoms with Gasteiger partial charge in [0.1, 0.15) is 11.2 Å². The van der Waals surface area contributed by atoms with E-state index in [0.717, 1.165) is 5.39 Å². The van der Waals surface area contributed by atoms with Gasteiger partial charge in [-0.1, -0.05) is 24.3 Å². The van der Waals surface area contributed by atoms with Crippen LogP contribution >= 0.6 is 0 Å². The van der Waals surface area contributed by atoms with E-state index in [0.29, 0.717) is 17.0 Å². The molecule has 7 nitrogen and oxygen atoms in total. The van der Waals surface area contributed by atoms with Crippen LogP contribution in [0.3, 0.4) is 0 Å². The second-order valence-electron chi connectivity index (χ2n) is 5.07. The molecular formula is C18H14N4O3. The Hall–Kier alpha value is -3.61. The van der Waals surface area contributed by atoms with Crippen molar-refractivity contribution in [2.75, 3.05) is 0 Å². The fourth-order valence-electron chi connectivity index (χ4n) is 2.16. The maximum Gasteiger partial charge on any atom is 0.308 e. The van der Waals surface area contributed by atoms with Crippen molar-refractivity contribution in [3.8, 4) is 5.75 Å². The van der Waals surface area contributed by atoms with Gasteiger partial charge in [-0.3, -0.25) is 14.6 Å². The third-order valence-corrected chi connectivity index (χ3v) is 3.22. The Bertz CT molecular complexity index is 955. The lowest BCUT2D eigenvalue weighted by Crippen LogP contribution is -2.18. The van der Waals surface area contributed by atoms with Gasteiger partial charge in [0.05, 0.1) is 11.9 Å². The van der Waals surface area contributed by atoms with Gasteiger partial charge in [0.25, 0.3) is 5.91 Å². The topological polar surface area (TPSA) is 93.5 Å². The summed E-state index contributed by atoms with van der Waals surface area (Å²) in [5, 5.41) is 4.71. The summed E-state index contributed by atoms with van der Waals surface area (Å²) in [6.45, 7) is 1.33. The molecule has 0 aliphatic carbocycles. The second kappa shape index (κ2) is 7.31. The Morgan fingerprint density at radius 1 is 1.12 bits per heavy atom. The molecule has 3 aromatic rings. The highest BCUT2D eigenvalue weighted by Gasteiger charge is 2.07. The standard InChI is InChI=1S/C18H14N4O3/c1-12(23)25-16-7-4-5-13-8-9-14(21-17(13)16)11-20-22-18(24)15-6-2-3-10-19-15/h2-11H,1H3,(H,22,24). The summed E-state index contributed by atoms with van der Waals surface area (Å²) >= 11 is 0. The second-order valence-corrected chi connectivity index (χ2v) is 5.07. The van der Waals surface area contributed by atoms with E-state index >= 15 is 0 Å². The molecule has 0 radical (unpaired) electrons. The number of carbonyl (C=O) groups excluding carboxylic acids is 2. The third-order valence-electron chi connectivity index (χ3n) is 3.22. The van der Waals surface area contributed by atoms with E-state index in [1.165, 1.54) is 19.3 Å². The first-order valence-electron chi connectivity index (χ1n) is 7.46. The van der Waals surface area contributed by atoms with Crippen LogP contribution in [0.5, 0.6) is 5.75 Å². The fourth-order valence-corrected chi connectivity index (χ4v) is 2.16. The first-order valence-corrected chi connectivity index (χ1v) is 7.46. The Labute approximate surface area is 143 Å². The summed E-state index contributed by atoms with van der Waals surface area (Å²) < 4.78 is 5.16. The van der Waals surface area contributed by atoms with Crippen LogP contribution in [0.25, 0.3) is 10.9 Å². The molecule has 0 bridgehead atoms. The van der Waals surface area contributed by atoms with Gasteiger partial charge < -0.3 is 4.74 Å². The number of nitrogens with one attached hydrogen (secondary N) is 1. The number of carbonyl (C=O) groups is 2. The van der Waals surface area contributed by atoms with Gasteiger partial charge in [0, 0.05) is 18.5 Å². The number of fused-ring (bicyclic) bond motifs is 1. The Morgan fingerprint density at radius 3 is 2.76 bits per heavy atom. The zero-order valence-corrected chi connectivity index (χ0v) is 13.3. The number of esters is 1. The molecule has 0 fully saturated rings. The summed E-state index contributed by atoms with van der Waals surface area (Å²) in [5.41, 5.74) is 3.70. The number of aromatic nitrogens is 2. The molecule has 0 saturated carbocycles. The lowest BCUT2D eigenvalue weighted by Gasteiger charge is -2.05. The number of hydrazone groups is 1. The van der Waals surface area contributed by atoms with Gasteiger partial charge in [0.2, 0.25) is 0 Å². The van der Waals surface area contributed by atoms with Crippen LogP contribution < -0.4 is 10.2 Å². The average Bonchev–Trinajstić information content (AvgIpc) is 2.62. The van der Waals surface area contributed by atoms with Gasteiger partial charge in [-0.2, -0.15) is 5.10 Å². The van der Waals surface area contributed by atoms with E-state index in [4.69, 9.17) is 4.74 Å². The fraction of sp³-hybridized carbons (Fsp3) is 0.0556. The van der Waals surface area contributed by atoms with Crippen LogP contribution in [0.2, 0.25) is 0 Å². The van der Waals surface area contributed by atoms with Crippen molar-refractivity contribution in [2.24, 2.45) is 5.10 Å². The number of hydrogen-bond acceptors (Lipinski definition) is 6. The number of pyridine rings is 2. The van der Waals surface area contributed by atoms with Gasteiger partial charge >= 0.3 is 5.97 Å². The molecular weight excluding hydrogens is 320 g/mol. The summed E-state index contributed by atoms with van der Waals surface area (Å²) in [7, 11) is 0. The van der Waals surface area contributed by atoms with Crippen LogP contribution in [0.4, 0.5) is 0 Å². The number of nitrogens with zero attached hydrogens (tertiary/aromatic N) is 3. The molecule has 0 saturated heterocycles. The van der Waals surface area contributed by atoms with Crippen LogP contribution in [-0.4, -0.2) is 28.1 Å². The molecule has 0 atom stereocenters. The summed E-state index contributed by atoms with van der Waals surface area (Å²) in [5.74, 6) is -0.466. The molecule has 3 rings (SSSR count). The number of para-hydroxylation sites is 1. The molecule has 1 aromatic carbocycles. The lowest BCUT2D eigenvalue weighted by atomic mass is 10.2. The zero-order valence-electron chi connectivity index (χ0n) is 13.3. The molecule has 0 unspecified atom stereocenters. The van der Waals surface area contributed by atoms with Crippen LogP contribution in [-0.2, 0) is 4.79 Å². The number of hydrogen-bond donors (Lipinski definition) is 1. The van der Waals surface area contributed by atoms with Gasteiger partial charge in [-0.15, -0.1) is 0 Å². The quantitative estimate of drug-likeness (QED) is 0.342. The highest BCUT2D eigenvalue weighted by Crippen LogP contribution is 2.23. The summed E-state index contributed by atoms with van der Waals surface area (Å²) in [6.07, 6.45) is 2.94. The third kappa shape index (κ3) is 4.03. The normalized spacial score (nSPS) is 10.8. The molecule has 1 amide bonds. The largest absolute Gasteiger partial charge is 0.424 e. The molecule has 1 N–H and O–H groups in total. The average molecular weight is 334 g/mol. The van der Waals surface area contributed by atoms with E-state index < -0.39 is 11.9 Å². The molecule has 124 valence electrons. The highest BCUT2D eigenvalue weighted by molar-refractivity contribution is 5.93. The minimum Gasteiger partial charge on any atom is -0.424 e. The van der Waals surface area contributed by atoms with Gasteiger partial charge in [0.15, 0.2) is 5.75 Å². The van der Waals surface area contributed by atoms with Crippen molar-refractivity contribution < 1.29 is 14.3 Å². The Morgan fingerprint density at radius 2 is 2.00 bits per heavy atom. The van der Waals surface area contributed by atoms with E-state index in [2.05, 4.69) is 20.5 Å². The van der Waals surface area contributed by atoms with Crippen LogP contribution in [0.15, 0.2) is 59.8 Å². The SMILES string of the molecule is CC(=O)Oc1cccc2ccc(C=NNC(=O)c3ccccn3)nc12. The van der Waals surface area contributed by atoms with E-state index in [-0.39, 0.29) is 5.69 Å². The maximum absolute atomic E-state index is 11.9. The maximum atomic E-state index is 11.9. The predicted molar refractivity (Wildman–Crippen MR) is 92.3 cm³/mol. The monoisotopic (exact) mass is 334 g/mol. The van der Waals surface area contributed by atoms with E-state index in [9.17, 15) is 9.59 Å². The smallest absolute Gasteiger partial charge is 0.308 e. The Balaban J connectivity index is 1.79. The van der Waals surface area contributed by atoms with Crippen molar-refractivity contribution in [1.82, 2.24) is 15.4 Å². The van der Waals surface area contributed by atoms with Crippen molar-refractivity contribution in [1.29, 1.82) is 0 Å². The van der Waals surface area contributed by atoms with E-state index in [1.807, 2.05) is 12.1 Å². The first-order chi connectivity index (χ1) is 12.1. The number of amides is 1. The van der Waals surface area contributed by atoms with Gasteiger partial charge in [-0.25, -0.2) is 10.4 Å². The molecule has 0 aliphatic rings. The first kappa shape index (κ1) is 16.3. The molecule has 7 heteroatoms. The van der Waals surface area contributed by atoms with Crippen molar-refractivity contribution in [3.05, 3.63) is 66.1 Å². The number of benzene rings is 1. The lowest BCUT2D eigenvalue weighted by molar-refractivity contribution is -0.131. The van der Waals surface area contributed by atoms with Crippen molar-refractivity contribution in [2.45, 2.75) is 6.92 Å². The molecule has 2 aromatic heterocycles. The zero-order chi connectivity index (χ0) is 17.6. The van der Waals surface area contributed by atoms with Crippen molar-refractivity contribution >= 4 is 29.0 Å². The molecule has 0 spiro atoms. The Kier molecular flexibility index (Phi) is 4.75. The minimum atomic E-state index is -0.420.